The van der Waals surface area contributed by atoms with E-state index >= 15 is 0 Å². The number of hydrogen-bond acceptors (Lipinski definition) is 9. The Hall–Kier alpha value is -3.38. The Morgan fingerprint density at radius 3 is 2.70 bits per heavy atom. The average Bonchev–Trinajstić information content (AvgIpc) is 3.29. The molecule has 1 aromatic carbocycles. The molecule has 0 radical (unpaired) electrons. The van der Waals surface area contributed by atoms with Crippen LogP contribution < -0.4 is 31.4 Å². The lowest BCUT2D eigenvalue weighted by atomic mass is 10.2. The molecule has 1 amide bonds. The minimum atomic E-state index is -3.86. The smallest absolute Gasteiger partial charge is 0.273 e. The predicted octanol–water partition coefficient (Wildman–Crippen LogP) is 0.925. The Labute approximate surface area is 175 Å². The molecule has 1 aliphatic rings. The van der Waals surface area contributed by atoms with Crippen molar-refractivity contribution in [2.45, 2.75) is 18.1 Å². The molecular formula is C18H18N6O4S2. The zero-order valence-electron chi connectivity index (χ0n) is 16.0. The second-order valence-electron chi connectivity index (χ2n) is 6.48. The van der Waals surface area contributed by atoms with Crippen LogP contribution in [0.15, 0.2) is 50.2 Å². The van der Waals surface area contributed by atoms with Gasteiger partial charge < -0.3 is 20.4 Å². The van der Waals surface area contributed by atoms with Crippen LogP contribution in [0.4, 0.5) is 16.5 Å². The first-order valence-corrected chi connectivity index (χ1v) is 11.1. The van der Waals surface area contributed by atoms with Gasteiger partial charge in [0.25, 0.3) is 10.0 Å². The van der Waals surface area contributed by atoms with E-state index in [0.29, 0.717) is 34.6 Å². The van der Waals surface area contributed by atoms with E-state index in [-0.39, 0.29) is 15.2 Å². The van der Waals surface area contributed by atoms with E-state index < -0.39 is 10.0 Å². The van der Waals surface area contributed by atoms with E-state index in [9.17, 15) is 13.2 Å². The lowest BCUT2D eigenvalue weighted by Crippen LogP contribution is -2.42. The number of thiazole rings is 1. The number of carbonyl (C=O) groups is 1. The van der Waals surface area contributed by atoms with Crippen molar-refractivity contribution in [3.63, 3.8) is 0 Å². The molecule has 0 fully saturated rings. The maximum absolute atomic E-state index is 12.8. The number of aryl methyl sites for hydroxylation is 1. The molecule has 4 rings (SSSR count). The molecule has 1 aliphatic heterocycles. The number of amides is 1. The first-order chi connectivity index (χ1) is 14.2. The number of sulfonamides is 1. The number of nitrogens with two attached hydrogens (primary N) is 1. The summed E-state index contributed by atoms with van der Waals surface area (Å²) in [6.07, 6.45) is 1.53. The molecule has 0 bridgehead atoms. The van der Waals surface area contributed by atoms with Crippen LogP contribution in [0.3, 0.4) is 0 Å². The molecule has 2 aromatic heterocycles. The highest BCUT2D eigenvalue weighted by Crippen LogP contribution is 2.29. The van der Waals surface area contributed by atoms with Crippen LogP contribution >= 0.6 is 11.3 Å². The van der Waals surface area contributed by atoms with Gasteiger partial charge in [-0.05, 0) is 37.3 Å². The van der Waals surface area contributed by atoms with Gasteiger partial charge in [0.2, 0.25) is 11.5 Å². The van der Waals surface area contributed by atoms with Crippen LogP contribution in [0.2, 0.25) is 0 Å². The van der Waals surface area contributed by atoms with E-state index in [2.05, 4.69) is 20.0 Å². The maximum Gasteiger partial charge on any atom is 0.273 e. The summed E-state index contributed by atoms with van der Waals surface area (Å²) in [4.78, 5) is 21.4. The van der Waals surface area contributed by atoms with E-state index in [4.69, 9.17) is 10.2 Å². The van der Waals surface area contributed by atoms with E-state index in [1.165, 1.54) is 13.2 Å². The number of nitrogens with zero attached hydrogens (tertiary/aromatic N) is 3. The number of anilines is 3. The Kier molecular flexibility index (Phi) is 4.95. The fourth-order valence-corrected chi connectivity index (χ4v) is 5.46. The molecule has 3 heterocycles. The number of carbonyl (C=O) groups excluding carboxylic acids is 1. The Morgan fingerprint density at radius 2 is 2.00 bits per heavy atom. The molecule has 0 spiro atoms. The molecular weight excluding hydrogens is 428 g/mol. The highest BCUT2D eigenvalue weighted by Gasteiger charge is 2.23. The zero-order chi connectivity index (χ0) is 21.5. The van der Waals surface area contributed by atoms with Crippen LogP contribution in [-0.2, 0) is 14.8 Å². The van der Waals surface area contributed by atoms with Gasteiger partial charge in [-0.15, -0.1) is 0 Å². The SMILES string of the molecule is CC(=O)Nc1nc(C)c(S(=O)(=O)Nc2ccc(N3CN=c4occc4=C3N)cc2)s1. The predicted molar refractivity (Wildman–Crippen MR) is 113 cm³/mol. The number of rotatable bonds is 5. The van der Waals surface area contributed by atoms with Gasteiger partial charge in [-0.1, -0.05) is 11.3 Å². The Balaban J connectivity index is 1.55. The first kappa shape index (κ1) is 19.9. The molecule has 30 heavy (non-hydrogen) atoms. The third-order valence-corrected chi connectivity index (χ3v) is 7.34. The second-order valence-corrected chi connectivity index (χ2v) is 9.35. The van der Waals surface area contributed by atoms with Crippen LogP contribution in [0.1, 0.15) is 12.6 Å². The lowest BCUT2D eigenvalue weighted by molar-refractivity contribution is -0.114. The number of fused-ring (bicyclic) bond motifs is 1. The first-order valence-electron chi connectivity index (χ1n) is 8.78. The summed E-state index contributed by atoms with van der Waals surface area (Å²) in [5.74, 6) is 0.187. The van der Waals surface area contributed by atoms with Gasteiger partial charge in [0, 0.05) is 18.3 Å². The molecule has 10 nitrogen and oxygen atoms in total. The molecule has 12 heteroatoms. The molecule has 4 N–H and O–H groups in total. The average molecular weight is 447 g/mol. The standard InChI is InChI=1S/C18H18N6O4S2/c1-10-17(29-18(21-10)22-11(2)25)30(26,27)23-12-3-5-13(6-4-12)24-9-20-16-14(15(24)19)7-8-28-16/h3-8,23H,9,19H2,1-2H3,(H,21,22,25). The molecule has 0 unspecified atom stereocenters. The minimum Gasteiger partial charge on any atom is -0.446 e. The van der Waals surface area contributed by atoms with Crippen molar-refractivity contribution in [3.05, 3.63) is 53.1 Å². The zero-order valence-corrected chi connectivity index (χ0v) is 17.7. The third-order valence-electron chi connectivity index (χ3n) is 4.28. The van der Waals surface area contributed by atoms with Crippen molar-refractivity contribution >= 4 is 49.6 Å². The van der Waals surface area contributed by atoms with Gasteiger partial charge in [-0.25, -0.2) is 18.4 Å². The Morgan fingerprint density at radius 1 is 1.27 bits per heavy atom. The fourth-order valence-electron chi connectivity index (χ4n) is 2.94. The molecule has 0 atom stereocenters. The van der Waals surface area contributed by atoms with Crippen molar-refractivity contribution in [3.8, 4) is 0 Å². The van der Waals surface area contributed by atoms with Crippen LogP contribution in [-0.4, -0.2) is 26.0 Å². The van der Waals surface area contributed by atoms with E-state index in [1.54, 1.807) is 42.2 Å². The molecule has 156 valence electrons. The molecule has 0 saturated heterocycles. The highest BCUT2D eigenvalue weighted by molar-refractivity contribution is 7.94. The van der Waals surface area contributed by atoms with Crippen molar-refractivity contribution in [2.24, 2.45) is 10.7 Å². The minimum absolute atomic E-state index is 0.0372. The van der Waals surface area contributed by atoms with Gasteiger partial charge in [0.05, 0.1) is 17.2 Å². The quantitative estimate of drug-likeness (QED) is 0.529. The summed E-state index contributed by atoms with van der Waals surface area (Å²) in [6.45, 7) is 3.20. The summed E-state index contributed by atoms with van der Waals surface area (Å²) in [5.41, 5.74) is 8.15. The summed E-state index contributed by atoms with van der Waals surface area (Å²) < 4.78 is 33.3. The van der Waals surface area contributed by atoms with Gasteiger partial charge in [-0.2, -0.15) is 0 Å². The largest absolute Gasteiger partial charge is 0.446 e. The summed E-state index contributed by atoms with van der Waals surface area (Å²) in [5, 5.41) is 3.44. The van der Waals surface area contributed by atoms with Crippen LogP contribution in [0.25, 0.3) is 5.82 Å². The van der Waals surface area contributed by atoms with Crippen LogP contribution in [0, 0.1) is 6.92 Å². The van der Waals surface area contributed by atoms with Gasteiger partial charge >= 0.3 is 0 Å². The third kappa shape index (κ3) is 3.74. The van der Waals surface area contributed by atoms with Crippen molar-refractivity contribution in [1.29, 1.82) is 0 Å². The van der Waals surface area contributed by atoms with E-state index in [1.807, 2.05) is 0 Å². The van der Waals surface area contributed by atoms with Crippen LogP contribution in [0.5, 0.6) is 0 Å². The van der Waals surface area contributed by atoms with Gasteiger partial charge in [0.1, 0.15) is 12.5 Å². The number of aromatic nitrogens is 1. The van der Waals surface area contributed by atoms with Gasteiger partial charge in [0.15, 0.2) is 9.34 Å². The molecule has 0 saturated carbocycles. The monoisotopic (exact) mass is 446 g/mol. The second kappa shape index (κ2) is 7.46. The molecule has 0 aliphatic carbocycles. The Bertz CT molecular complexity index is 1340. The summed E-state index contributed by atoms with van der Waals surface area (Å²) in [7, 11) is -3.86. The molecule has 3 aromatic rings. The van der Waals surface area contributed by atoms with Crippen molar-refractivity contribution in [1.82, 2.24) is 4.98 Å². The number of benzene rings is 1. The topological polar surface area (TPSA) is 143 Å². The number of nitrogens with one attached hydrogen (secondary N) is 2. The lowest BCUT2D eigenvalue weighted by Gasteiger charge is -2.24. The maximum atomic E-state index is 12.8. The number of furan rings is 1. The van der Waals surface area contributed by atoms with E-state index in [0.717, 1.165) is 17.0 Å². The summed E-state index contributed by atoms with van der Waals surface area (Å²) in [6, 6.07) is 8.50. The van der Waals surface area contributed by atoms with Gasteiger partial charge in [-0.3, -0.25) is 9.52 Å². The van der Waals surface area contributed by atoms with Crippen molar-refractivity contribution < 1.29 is 17.6 Å². The fraction of sp³-hybridized carbons (Fsp3) is 0.167. The summed E-state index contributed by atoms with van der Waals surface area (Å²) >= 11 is 0.892. The highest BCUT2D eigenvalue weighted by atomic mass is 32.2. The van der Waals surface area contributed by atoms with Crippen molar-refractivity contribution in [2.75, 3.05) is 21.6 Å². The number of hydrogen-bond donors (Lipinski definition) is 3. The normalized spacial score (nSPS) is 13.5.